The van der Waals surface area contributed by atoms with Crippen molar-refractivity contribution in [3.8, 4) is 17.2 Å². The normalized spacial score (nSPS) is 15.4. The van der Waals surface area contributed by atoms with Gasteiger partial charge < -0.3 is 24.5 Å². The number of nitrogens with one attached hydrogen (secondary N) is 2. The highest BCUT2D eigenvalue weighted by molar-refractivity contribution is 5.96. The molecule has 3 aromatic rings. The molecule has 1 aliphatic carbocycles. The molecule has 146 valence electrons. The van der Waals surface area contributed by atoms with Gasteiger partial charge in [0.25, 0.3) is 5.91 Å². The van der Waals surface area contributed by atoms with E-state index in [-0.39, 0.29) is 11.9 Å². The monoisotopic (exact) mass is 380 g/mol. The molecule has 1 unspecified atom stereocenters. The fourth-order valence-corrected chi connectivity index (χ4v) is 3.97. The Morgan fingerprint density at radius 1 is 1.04 bits per heavy atom. The Bertz CT molecular complexity index is 1030. The Morgan fingerprint density at radius 3 is 2.39 bits per heavy atom. The number of aromatic amines is 1. The van der Waals surface area contributed by atoms with Crippen LogP contribution in [0.15, 0.2) is 30.3 Å². The van der Waals surface area contributed by atoms with Crippen molar-refractivity contribution >= 4 is 16.8 Å². The van der Waals surface area contributed by atoms with Crippen LogP contribution in [0.4, 0.5) is 0 Å². The fourth-order valence-electron chi connectivity index (χ4n) is 3.97. The van der Waals surface area contributed by atoms with Gasteiger partial charge in [0.15, 0.2) is 11.5 Å². The highest BCUT2D eigenvalue weighted by Gasteiger charge is 2.27. The Morgan fingerprint density at radius 2 is 1.75 bits per heavy atom. The highest BCUT2D eigenvalue weighted by Crippen LogP contribution is 2.38. The SMILES string of the molecule is COc1cc(C(=O)NC2Cc3[nH]c4ccc(C)cc4c3C2)cc(OC)c1OC. The summed E-state index contributed by atoms with van der Waals surface area (Å²) >= 11 is 0. The Kier molecular flexibility index (Phi) is 4.63. The van der Waals surface area contributed by atoms with Gasteiger partial charge in [-0.1, -0.05) is 11.6 Å². The molecular formula is C22H24N2O4. The molecule has 0 aliphatic heterocycles. The first-order valence-electron chi connectivity index (χ1n) is 9.25. The van der Waals surface area contributed by atoms with Crippen molar-refractivity contribution in [2.75, 3.05) is 21.3 Å². The predicted molar refractivity (Wildman–Crippen MR) is 108 cm³/mol. The van der Waals surface area contributed by atoms with Crippen molar-refractivity contribution in [1.29, 1.82) is 0 Å². The second-order valence-corrected chi connectivity index (χ2v) is 7.12. The van der Waals surface area contributed by atoms with Crippen molar-refractivity contribution in [3.63, 3.8) is 0 Å². The van der Waals surface area contributed by atoms with Crippen molar-refractivity contribution in [2.45, 2.75) is 25.8 Å². The first kappa shape index (κ1) is 18.2. The maximum atomic E-state index is 12.9. The molecule has 2 aromatic carbocycles. The van der Waals surface area contributed by atoms with Crippen molar-refractivity contribution in [3.05, 3.63) is 52.7 Å². The molecule has 0 saturated carbocycles. The number of methoxy groups -OCH3 is 3. The Balaban J connectivity index is 1.55. The van der Waals surface area contributed by atoms with E-state index in [9.17, 15) is 4.79 Å². The molecule has 1 amide bonds. The van der Waals surface area contributed by atoms with Crippen LogP contribution in [0.25, 0.3) is 10.9 Å². The molecule has 1 atom stereocenters. The Hall–Kier alpha value is -3.15. The van der Waals surface area contributed by atoms with Crippen molar-refractivity contribution < 1.29 is 19.0 Å². The number of benzene rings is 2. The molecular weight excluding hydrogens is 356 g/mol. The van der Waals surface area contributed by atoms with Crippen LogP contribution in [0.5, 0.6) is 17.2 Å². The van der Waals surface area contributed by atoms with Gasteiger partial charge in [0.05, 0.1) is 21.3 Å². The van der Waals surface area contributed by atoms with Crippen molar-refractivity contribution in [1.82, 2.24) is 10.3 Å². The van der Waals surface area contributed by atoms with Crippen LogP contribution in [0.2, 0.25) is 0 Å². The van der Waals surface area contributed by atoms with Crippen LogP contribution < -0.4 is 19.5 Å². The fraction of sp³-hybridized carbons (Fsp3) is 0.318. The van der Waals surface area contributed by atoms with Gasteiger partial charge in [-0.15, -0.1) is 0 Å². The summed E-state index contributed by atoms with van der Waals surface area (Å²) < 4.78 is 16.0. The summed E-state index contributed by atoms with van der Waals surface area (Å²) in [5.74, 6) is 1.24. The third kappa shape index (κ3) is 3.05. The number of fused-ring (bicyclic) bond motifs is 3. The van der Waals surface area contributed by atoms with E-state index in [1.54, 1.807) is 19.2 Å². The van der Waals surface area contributed by atoms with Crippen LogP contribution in [0.1, 0.15) is 27.2 Å². The second-order valence-electron chi connectivity index (χ2n) is 7.12. The lowest BCUT2D eigenvalue weighted by atomic mass is 10.1. The lowest BCUT2D eigenvalue weighted by Gasteiger charge is -2.16. The number of amides is 1. The largest absolute Gasteiger partial charge is 0.493 e. The van der Waals surface area contributed by atoms with E-state index in [2.05, 4.69) is 35.4 Å². The first-order valence-corrected chi connectivity index (χ1v) is 9.25. The molecule has 0 saturated heterocycles. The van der Waals surface area contributed by atoms with Gasteiger partial charge in [-0.2, -0.15) is 0 Å². The average molecular weight is 380 g/mol. The molecule has 6 nitrogen and oxygen atoms in total. The van der Waals surface area contributed by atoms with Gasteiger partial charge in [0.1, 0.15) is 0 Å². The van der Waals surface area contributed by atoms with Crippen LogP contribution in [-0.2, 0) is 12.8 Å². The summed E-state index contributed by atoms with van der Waals surface area (Å²) in [6.07, 6.45) is 1.61. The summed E-state index contributed by atoms with van der Waals surface area (Å²) in [6, 6.07) is 9.82. The maximum Gasteiger partial charge on any atom is 0.251 e. The van der Waals surface area contributed by atoms with Crippen LogP contribution in [0, 0.1) is 6.92 Å². The van der Waals surface area contributed by atoms with E-state index in [0.29, 0.717) is 22.8 Å². The Labute approximate surface area is 163 Å². The molecule has 0 spiro atoms. The van der Waals surface area contributed by atoms with E-state index in [4.69, 9.17) is 14.2 Å². The minimum Gasteiger partial charge on any atom is -0.493 e. The predicted octanol–water partition coefficient (Wildman–Crippen LogP) is 3.40. The minimum absolute atomic E-state index is 0.0535. The van der Waals surface area contributed by atoms with E-state index >= 15 is 0 Å². The summed E-state index contributed by atoms with van der Waals surface area (Å²) in [4.78, 5) is 16.3. The zero-order valence-electron chi connectivity index (χ0n) is 16.5. The standard InChI is InChI=1S/C22H24N2O4/c1-12-5-6-17-15(7-12)16-10-14(11-18(16)24-17)23-22(25)13-8-19(26-2)21(28-4)20(9-13)27-3/h5-9,14,24H,10-11H2,1-4H3,(H,23,25). The molecule has 28 heavy (non-hydrogen) atoms. The summed E-state index contributed by atoms with van der Waals surface area (Å²) in [5.41, 5.74) is 5.37. The molecule has 1 heterocycles. The number of ether oxygens (including phenoxy) is 3. The van der Waals surface area contributed by atoms with E-state index < -0.39 is 0 Å². The number of H-pyrrole nitrogens is 1. The zero-order valence-corrected chi connectivity index (χ0v) is 16.5. The summed E-state index contributed by atoms with van der Waals surface area (Å²) in [6.45, 7) is 2.09. The van der Waals surface area contributed by atoms with E-state index in [1.807, 2.05) is 0 Å². The van der Waals surface area contributed by atoms with Gasteiger partial charge in [0, 0.05) is 34.6 Å². The molecule has 2 N–H and O–H groups in total. The number of aromatic nitrogens is 1. The minimum atomic E-state index is -0.158. The number of aryl methyl sites for hydroxylation is 1. The zero-order chi connectivity index (χ0) is 19.8. The second kappa shape index (κ2) is 7.11. The lowest BCUT2D eigenvalue weighted by Crippen LogP contribution is -2.35. The van der Waals surface area contributed by atoms with Crippen LogP contribution in [0.3, 0.4) is 0 Å². The number of carbonyl (C=O) groups excluding carboxylic acids is 1. The van der Waals surface area contributed by atoms with E-state index in [0.717, 1.165) is 18.4 Å². The third-order valence-corrected chi connectivity index (χ3v) is 5.31. The summed E-state index contributed by atoms with van der Waals surface area (Å²) in [7, 11) is 4.61. The van der Waals surface area contributed by atoms with E-state index in [1.165, 1.54) is 36.4 Å². The number of hydrogen-bond donors (Lipinski definition) is 2. The molecule has 4 rings (SSSR count). The quantitative estimate of drug-likeness (QED) is 0.712. The van der Waals surface area contributed by atoms with Gasteiger partial charge in [-0.25, -0.2) is 0 Å². The van der Waals surface area contributed by atoms with Gasteiger partial charge in [0.2, 0.25) is 5.75 Å². The molecule has 0 bridgehead atoms. The molecule has 0 fully saturated rings. The molecule has 0 radical (unpaired) electrons. The highest BCUT2D eigenvalue weighted by atomic mass is 16.5. The lowest BCUT2D eigenvalue weighted by molar-refractivity contribution is 0.0937. The number of carbonyl (C=O) groups is 1. The van der Waals surface area contributed by atoms with Crippen LogP contribution >= 0.6 is 0 Å². The van der Waals surface area contributed by atoms with Gasteiger partial charge >= 0.3 is 0 Å². The topological polar surface area (TPSA) is 72.6 Å². The summed E-state index contributed by atoms with van der Waals surface area (Å²) in [5, 5.41) is 4.39. The van der Waals surface area contributed by atoms with Gasteiger partial charge in [-0.05, 0) is 43.2 Å². The number of rotatable bonds is 5. The number of hydrogen-bond acceptors (Lipinski definition) is 4. The van der Waals surface area contributed by atoms with Gasteiger partial charge in [-0.3, -0.25) is 4.79 Å². The molecule has 6 heteroatoms. The average Bonchev–Trinajstić information content (AvgIpc) is 3.23. The molecule has 1 aliphatic rings. The third-order valence-electron chi connectivity index (χ3n) is 5.31. The smallest absolute Gasteiger partial charge is 0.251 e. The van der Waals surface area contributed by atoms with Crippen LogP contribution in [-0.4, -0.2) is 38.3 Å². The maximum absolute atomic E-state index is 12.9. The van der Waals surface area contributed by atoms with Crippen molar-refractivity contribution in [2.24, 2.45) is 0 Å². The molecule has 1 aromatic heterocycles. The first-order chi connectivity index (χ1) is 13.5.